The molecule has 0 fully saturated rings. The van der Waals surface area contributed by atoms with Gasteiger partial charge in [0.1, 0.15) is 0 Å². The molecule has 14 heavy (non-hydrogen) atoms. The number of halogens is 1. The van der Waals surface area contributed by atoms with Crippen molar-refractivity contribution in [1.29, 1.82) is 0 Å². The first-order chi connectivity index (χ1) is 6.76. The Balaban J connectivity index is 2.31. The average Bonchev–Trinajstić information content (AvgIpc) is 2.59. The van der Waals surface area contributed by atoms with E-state index in [1.165, 1.54) is 6.42 Å². The molecule has 0 saturated heterocycles. The van der Waals surface area contributed by atoms with E-state index < -0.39 is 0 Å². The molecule has 4 heteroatoms. The van der Waals surface area contributed by atoms with E-state index in [2.05, 4.69) is 17.6 Å². The van der Waals surface area contributed by atoms with Gasteiger partial charge in [0.05, 0.1) is 9.34 Å². The van der Waals surface area contributed by atoms with Crippen molar-refractivity contribution in [2.24, 2.45) is 5.92 Å². The fourth-order valence-corrected chi connectivity index (χ4v) is 2.25. The van der Waals surface area contributed by atoms with Crippen molar-refractivity contribution in [2.45, 2.75) is 13.3 Å². The van der Waals surface area contributed by atoms with E-state index in [1.54, 1.807) is 11.3 Å². The molecule has 1 unspecified atom stereocenters. The lowest BCUT2D eigenvalue weighted by Gasteiger charge is -2.14. The molecular weight excluding hydrogens is 216 g/mol. The lowest BCUT2D eigenvalue weighted by molar-refractivity contribution is 0.507. The number of anilines is 1. The van der Waals surface area contributed by atoms with Crippen molar-refractivity contribution >= 4 is 27.9 Å². The van der Waals surface area contributed by atoms with Crippen molar-refractivity contribution in [3.8, 4) is 0 Å². The first-order valence-corrected chi connectivity index (χ1v) is 6.09. The third kappa shape index (κ3) is 3.86. The summed E-state index contributed by atoms with van der Waals surface area (Å²) in [7, 11) is 1.99. The lowest BCUT2D eigenvalue weighted by Crippen LogP contribution is -2.24. The minimum absolute atomic E-state index is 0.681. The summed E-state index contributed by atoms with van der Waals surface area (Å²) in [5, 5.41) is 7.75. The van der Waals surface area contributed by atoms with Gasteiger partial charge < -0.3 is 10.6 Å². The van der Waals surface area contributed by atoms with Crippen LogP contribution in [-0.4, -0.2) is 20.1 Å². The Labute approximate surface area is 94.7 Å². The SMILES string of the molecule is CCC(CNC)CNc1ccc(Cl)s1. The Morgan fingerprint density at radius 2 is 2.21 bits per heavy atom. The Morgan fingerprint density at radius 1 is 1.43 bits per heavy atom. The van der Waals surface area contributed by atoms with Gasteiger partial charge in [-0.15, -0.1) is 11.3 Å². The molecule has 1 heterocycles. The standard InChI is InChI=1S/C10H17ClN2S/c1-3-8(6-12-2)7-13-10-5-4-9(11)14-10/h4-5,8,12-13H,3,6-7H2,1-2H3. The van der Waals surface area contributed by atoms with Crippen molar-refractivity contribution in [3.05, 3.63) is 16.5 Å². The van der Waals surface area contributed by atoms with Gasteiger partial charge in [-0.05, 0) is 31.6 Å². The van der Waals surface area contributed by atoms with E-state index in [1.807, 2.05) is 19.2 Å². The minimum atomic E-state index is 0.681. The van der Waals surface area contributed by atoms with Crippen molar-refractivity contribution in [2.75, 3.05) is 25.5 Å². The topological polar surface area (TPSA) is 24.1 Å². The molecule has 0 radical (unpaired) electrons. The zero-order valence-electron chi connectivity index (χ0n) is 8.64. The van der Waals surface area contributed by atoms with Crippen LogP contribution in [0.1, 0.15) is 13.3 Å². The molecule has 0 bridgehead atoms. The van der Waals surface area contributed by atoms with E-state index in [0.717, 1.165) is 22.4 Å². The van der Waals surface area contributed by atoms with Crippen molar-refractivity contribution in [3.63, 3.8) is 0 Å². The Hall–Kier alpha value is -0.250. The highest BCUT2D eigenvalue weighted by molar-refractivity contribution is 7.19. The van der Waals surface area contributed by atoms with Crippen molar-refractivity contribution in [1.82, 2.24) is 5.32 Å². The first kappa shape index (κ1) is 11.8. The van der Waals surface area contributed by atoms with E-state index >= 15 is 0 Å². The molecule has 0 saturated carbocycles. The highest BCUT2D eigenvalue weighted by atomic mass is 35.5. The van der Waals surface area contributed by atoms with Crippen LogP contribution in [0.3, 0.4) is 0 Å². The molecule has 1 rings (SSSR count). The molecular formula is C10H17ClN2S. The molecule has 0 aliphatic rings. The van der Waals surface area contributed by atoms with Gasteiger partial charge in [-0.3, -0.25) is 0 Å². The number of hydrogen-bond acceptors (Lipinski definition) is 3. The molecule has 2 nitrogen and oxygen atoms in total. The van der Waals surface area contributed by atoms with Crippen LogP contribution in [0.2, 0.25) is 4.34 Å². The van der Waals surface area contributed by atoms with E-state index in [9.17, 15) is 0 Å². The fraction of sp³-hybridized carbons (Fsp3) is 0.600. The normalized spacial score (nSPS) is 12.8. The predicted molar refractivity (Wildman–Crippen MR) is 65.5 cm³/mol. The Bertz CT molecular complexity index is 262. The fourth-order valence-electron chi connectivity index (χ4n) is 1.30. The van der Waals surface area contributed by atoms with E-state index in [-0.39, 0.29) is 0 Å². The van der Waals surface area contributed by atoms with Gasteiger partial charge in [-0.25, -0.2) is 0 Å². The maximum atomic E-state index is 5.84. The molecule has 0 aliphatic heterocycles. The van der Waals surface area contributed by atoms with Gasteiger partial charge in [0.15, 0.2) is 0 Å². The lowest BCUT2D eigenvalue weighted by atomic mass is 10.1. The van der Waals surface area contributed by atoms with Crippen LogP contribution in [-0.2, 0) is 0 Å². The van der Waals surface area contributed by atoms with Crippen LogP contribution >= 0.6 is 22.9 Å². The van der Waals surface area contributed by atoms with Crippen LogP contribution in [0.4, 0.5) is 5.00 Å². The zero-order chi connectivity index (χ0) is 10.4. The Kier molecular flexibility index (Phi) is 5.30. The number of thiophene rings is 1. The summed E-state index contributed by atoms with van der Waals surface area (Å²) in [5.74, 6) is 0.681. The summed E-state index contributed by atoms with van der Waals surface area (Å²) in [5.41, 5.74) is 0. The van der Waals surface area contributed by atoms with Crippen LogP contribution in [0.15, 0.2) is 12.1 Å². The van der Waals surface area contributed by atoms with Crippen LogP contribution in [0.5, 0.6) is 0 Å². The van der Waals surface area contributed by atoms with Crippen molar-refractivity contribution < 1.29 is 0 Å². The molecule has 1 aromatic rings. The third-order valence-corrected chi connectivity index (χ3v) is 3.40. The Morgan fingerprint density at radius 3 is 2.71 bits per heavy atom. The molecule has 0 amide bonds. The quantitative estimate of drug-likeness (QED) is 0.788. The van der Waals surface area contributed by atoms with Gasteiger partial charge in [0, 0.05) is 6.54 Å². The highest BCUT2D eigenvalue weighted by Gasteiger charge is 2.05. The second-order valence-corrected chi connectivity index (χ2v) is 5.03. The van der Waals surface area contributed by atoms with Gasteiger partial charge >= 0.3 is 0 Å². The molecule has 0 spiro atoms. The molecule has 0 aliphatic carbocycles. The molecule has 1 aromatic heterocycles. The number of nitrogens with one attached hydrogen (secondary N) is 2. The highest BCUT2D eigenvalue weighted by Crippen LogP contribution is 2.26. The van der Waals surface area contributed by atoms with E-state index in [4.69, 9.17) is 11.6 Å². The second-order valence-electron chi connectivity index (χ2n) is 3.32. The summed E-state index contributed by atoms with van der Waals surface area (Å²) in [6, 6.07) is 3.95. The number of hydrogen-bond donors (Lipinski definition) is 2. The summed E-state index contributed by atoms with van der Waals surface area (Å²) < 4.78 is 0.842. The maximum absolute atomic E-state index is 5.84. The smallest absolute Gasteiger partial charge is 0.0950 e. The molecule has 80 valence electrons. The average molecular weight is 233 g/mol. The maximum Gasteiger partial charge on any atom is 0.0950 e. The molecule has 2 N–H and O–H groups in total. The van der Waals surface area contributed by atoms with Gasteiger partial charge in [0.25, 0.3) is 0 Å². The summed E-state index contributed by atoms with van der Waals surface area (Å²) >= 11 is 7.43. The van der Waals surface area contributed by atoms with Gasteiger partial charge in [-0.2, -0.15) is 0 Å². The third-order valence-electron chi connectivity index (χ3n) is 2.21. The summed E-state index contributed by atoms with van der Waals surface area (Å²) in [6.07, 6.45) is 1.19. The number of rotatable bonds is 6. The van der Waals surface area contributed by atoms with Gasteiger partial charge in [-0.1, -0.05) is 24.9 Å². The molecule has 1 atom stereocenters. The molecule has 0 aromatic carbocycles. The monoisotopic (exact) mass is 232 g/mol. The zero-order valence-corrected chi connectivity index (χ0v) is 10.2. The van der Waals surface area contributed by atoms with E-state index in [0.29, 0.717) is 5.92 Å². The largest absolute Gasteiger partial charge is 0.377 e. The minimum Gasteiger partial charge on any atom is -0.377 e. The summed E-state index contributed by atoms with van der Waals surface area (Å²) in [4.78, 5) is 0. The first-order valence-electron chi connectivity index (χ1n) is 4.90. The van der Waals surface area contributed by atoms with Crippen LogP contribution < -0.4 is 10.6 Å². The second kappa shape index (κ2) is 6.27. The summed E-state index contributed by atoms with van der Waals surface area (Å²) in [6.45, 7) is 4.28. The van der Waals surface area contributed by atoms with Gasteiger partial charge in [0.2, 0.25) is 0 Å². The van der Waals surface area contributed by atoms with Crippen LogP contribution in [0, 0.1) is 5.92 Å². The predicted octanol–water partition coefficient (Wildman–Crippen LogP) is 3.06. The van der Waals surface area contributed by atoms with Crippen LogP contribution in [0.25, 0.3) is 0 Å².